The predicted octanol–water partition coefficient (Wildman–Crippen LogP) is 3.91. The fourth-order valence-electron chi connectivity index (χ4n) is 2.30. The molecule has 1 aromatic heterocycles. The summed E-state index contributed by atoms with van der Waals surface area (Å²) in [6, 6.07) is 15.3. The molecule has 1 heterocycles. The second kappa shape index (κ2) is 8.05. The highest BCUT2D eigenvalue weighted by Crippen LogP contribution is 2.24. The molecule has 0 aliphatic heterocycles. The van der Waals surface area contributed by atoms with Crippen LogP contribution in [0.25, 0.3) is 11.4 Å². The first-order valence-electron chi connectivity index (χ1n) is 8.16. The molecule has 0 saturated heterocycles. The number of H-pyrrole nitrogens is 1. The van der Waals surface area contributed by atoms with E-state index in [1.54, 1.807) is 13.2 Å². The number of methoxy groups -OCH3 is 1. The van der Waals surface area contributed by atoms with Crippen molar-refractivity contribution in [2.24, 2.45) is 0 Å². The summed E-state index contributed by atoms with van der Waals surface area (Å²) >= 11 is 1.30. The number of benzene rings is 2. The minimum Gasteiger partial charge on any atom is -0.497 e. The van der Waals surface area contributed by atoms with Crippen LogP contribution >= 0.6 is 11.8 Å². The fraction of sp³-hybridized carbons (Fsp3) is 0.211. The number of carbonyl (C=O) groups excluding carboxylic acids is 1. The highest BCUT2D eigenvalue weighted by Gasteiger charge is 2.18. The van der Waals surface area contributed by atoms with Gasteiger partial charge in [-0.05, 0) is 26.0 Å². The number of aryl methyl sites for hydroxylation is 1. The number of carbonyl (C=O) groups is 1. The van der Waals surface area contributed by atoms with Gasteiger partial charge in [0.15, 0.2) is 5.82 Å². The van der Waals surface area contributed by atoms with Gasteiger partial charge >= 0.3 is 0 Å². The molecule has 3 rings (SSSR count). The van der Waals surface area contributed by atoms with Gasteiger partial charge in [-0.2, -0.15) is 0 Å². The molecule has 6 nitrogen and oxygen atoms in total. The van der Waals surface area contributed by atoms with Crippen molar-refractivity contribution >= 4 is 23.4 Å². The molecule has 3 aromatic rings. The topological polar surface area (TPSA) is 79.9 Å². The van der Waals surface area contributed by atoms with Crippen LogP contribution in [0.5, 0.6) is 5.75 Å². The summed E-state index contributed by atoms with van der Waals surface area (Å²) in [5.41, 5.74) is 2.84. The first kappa shape index (κ1) is 18.0. The van der Waals surface area contributed by atoms with Crippen LogP contribution < -0.4 is 10.1 Å². The van der Waals surface area contributed by atoms with Crippen LogP contribution in [0.3, 0.4) is 0 Å². The van der Waals surface area contributed by atoms with E-state index in [1.807, 2.05) is 56.3 Å². The first-order valence-corrected chi connectivity index (χ1v) is 9.04. The molecular formula is C19H20N4O2S. The molecule has 0 saturated carbocycles. The van der Waals surface area contributed by atoms with Gasteiger partial charge in [0, 0.05) is 17.3 Å². The maximum Gasteiger partial charge on any atom is 0.237 e. The van der Waals surface area contributed by atoms with Crippen molar-refractivity contribution in [1.82, 2.24) is 15.2 Å². The molecule has 0 radical (unpaired) electrons. The third kappa shape index (κ3) is 4.43. The lowest BCUT2D eigenvalue weighted by molar-refractivity contribution is -0.115. The van der Waals surface area contributed by atoms with E-state index in [1.165, 1.54) is 17.3 Å². The van der Waals surface area contributed by atoms with Crippen molar-refractivity contribution in [2.75, 3.05) is 12.4 Å². The van der Waals surface area contributed by atoms with Gasteiger partial charge in [0.2, 0.25) is 11.1 Å². The van der Waals surface area contributed by atoms with Gasteiger partial charge in [0.25, 0.3) is 0 Å². The molecule has 0 aliphatic rings. The molecule has 0 unspecified atom stereocenters. The number of hydrogen-bond donors (Lipinski definition) is 2. The molecule has 0 fully saturated rings. The Morgan fingerprint density at radius 1 is 1.23 bits per heavy atom. The van der Waals surface area contributed by atoms with Crippen LogP contribution in [0.2, 0.25) is 0 Å². The Kier molecular flexibility index (Phi) is 5.58. The van der Waals surface area contributed by atoms with E-state index < -0.39 is 0 Å². The quantitative estimate of drug-likeness (QED) is 0.645. The summed E-state index contributed by atoms with van der Waals surface area (Å²) in [7, 11) is 1.59. The largest absolute Gasteiger partial charge is 0.497 e. The van der Waals surface area contributed by atoms with Gasteiger partial charge < -0.3 is 10.1 Å². The van der Waals surface area contributed by atoms with E-state index in [0.717, 1.165) is 5.56 Å². The normalized spacial score (nSPS) is 11.8. The number of thioether (sulfide) groups is 1. The monoisotopic (exact) mass is 368 g/mol. The Labute approximate surface area is 156 Å². The number of ether oxygens (including phenoxy) is 1. The standard InChI is InChI=1S/C19H20N4O2S/c1-12-7-9-14(10-8-12)17-21-19(23-22-17)26-13(2)18(24)20-15-5-4-6-16(11-15)25-3/h4-11,13H,1-3H3,(H,20,24)(H,21,22,23)/t13-/m0/s1. The van der Waals surface area contributed by atoms with E-state index in [0.29, 0.717) is 22.4 Å². The highest BCUT2D eigenvalue weighted by molar-refractivity contribution is 8.00. The number of hydrogen-bond acceptors (Lipinski definition) is 5. The lowest BCUT2D eigenvalue weighted by Gasteiger charge is -2.10. The third-order valence-electron chi connectivity index (χ3n) is 3.78. The van der Waals surface area contributed by atoms with Gasteiger partial charge in [-0.15, -0.1) is 5.10 Å². The fourth-order valence-corrected chi connectivity index (χ4v) is 3.02. The van der Waals surface area contributed by atoms with Crippen LogP contribution in [0, 0.1) is 6.92 Å². The van der Waals surface area contributed by atoms with Crippen molar-refractivity contribution in [2.45, 2.75) is 24.3 Å². The average Bonchev–Trinajstić information content (AvgIpc) is 3.11. The Hall–Kier alpha value is -2.80. The second-order valence-corrected chi connectivity index (χ2v) is 7.12. The van der Waals surface area contributed by atoms with Gasteiger partial charge in [0.1, 0.15) is 5.75 Å². The van der Waals surface area contributed by atoms with Crippen molar-refractivity contribution in [1.29, 1.82) is 0 Å². The minimum absolute atomic E-state index is 0.120. The summed E-state index contributed by atoms with van der Waals surface area (Å²) in [4.78, 5) is 16.9. The number of nitrogens with one attached hydrogen (secondary N) is 2. The maximum absolute atomic E-state index is 12.4. The molecule has 1 amide bonds. The van der Waals surface area contributed by atoms with Crippen molar-refractivity contribution in [3.05, 3.63) is 54.1 Å². The second-order valence-electron chi connectivity index (χ2n) is 5.81. The highest BCUT2D eigenvalue weighted by atomic mass is 32.2. The summed E-state index contributed by atoms with van der Waals surface area (Å²) in [5, 5.41) is 10.2. The zero-order valence-corrected chi connectivity index (χ0v) is 15.6. The molecule has 1 atom stereocenters. The summed E-state index contributed by atoms with van der Waals surface area (Å²) < 4.78 is 5.16. The predicted molar refractivity (Wildman–Crippen MR) is 103 cm³/mol. The number of rotatable bonds is 6. The van der Waals surface area contributed by atoms with Crippen LogP contribution in [-0.2, 0) is 4.79 Å². The van der Waals surface area contributed by atoms with E-state index in [4.69, 9.17) is 4.74 Å². The van der Waals surface area contributed by atoms with Gasteiger partial charge in [0.05, 0.1) is 12.4 Å². The third-order valence-corrected chi connectivity index (χ3v) is 4.74. The Morgan fingerprint density at radius 2 is 2.00 bits per heavy atom. The van der Waals surface area contributed by atoms with E-state index in [9.17, 15) is 4.79 Å². The maximum atomic E-state index is 12.4. The Morgan fingerprint density at radius 3 is 2.73 bits per heavy atom. The molecule has 2 aromatic carbocycles. The van der Waals surface area contributed by atoms with E-state index in [2.05, 4.69) is 20.5 Å². The minimum atomic E-state index is -0.345. The Bertz CT molecular complexity index is 893. The molecular weight excluding hydrogens is 348 g/mol. The van der Waals surface area contributed by atoms with Crippen molar-refractivity contribution < 1.29 is 9.53 Å². The summed E-state index contributed by atoms with van der Waals surface area (Å²) in [6.45, 7) is 3.86. The Balaban J connectivity index is 1.63. The van der Waals surface area contributed by atoms with Crippen molar-refractivity contribution in [3.63, 3.8) is 0 Å². The summed E-state index contributed by atoms with van der Waals surface area (Å²) in [6.07, 6.45) is 0. The van der Waals surface area contributed by atoms with E-state index in [-0.39, 0.29) is 11.2 Å². The smallest absolute Gasteiger partial charge is 0.237 e. The zero-order chi connectivity index (χ0) is 18.5. The van der Waals surface area contributed by atoms with Crippen LogP contribution in [0.4, 0.5) is 5.69 Å². The number of amides is 1. The number of nitrogens with zero attached hydrogens (tertiary/aromatic N) is 2. The SMILES string of the molecule is COc1cccc(NC(=O)[C@H](C)Sc2n[nH]c(-c3ccc(C)cc3)n2)c1. The molecule has 7 heteroatoms. The lowest BCUT2D eigenvalue weighted by atomic mass is 10.1. The zero-order valence-electron chi connectivity index (χ0n) is 14.8. The average molecular weight is 368 g/mol. The van der Waals surface area contributed by atoms with Gasteiger partial charge in [-0.1, -0.05) is 47.7 Å². The molecule has 0 bridgehead atoms. The van der Waals surface area contributed by atoms with E-state index >= 15 is 0 Å². The molecule has 26 heavy (non-hydrogen) atoms. The number of aromatic amines is 1. The first-order chi connectivity index (χ1) is 12.5. The van der Waals surface area contributed by atoms with Gasteiger partial charge in [-0.3, -0.25) is 9.89 Å². The molecule has 134 valence electrons. The van der Waals surface area contributed by atoms with Crippen molar-refractivity contribution in [3.8, 4) is 17.1 Å². The number of anilines is 1. The molecule has 2 N–H and O–H groups in total. The van der Waals surface area contributed by atoms with Crippen LogP contribution in [0.1, 0.15) is 12.5 Å². The number of aromatic nitrogens is 3. The lowest BCUT2D eigenvalue weighted by Crippen LogP contribution is -2.22. The molecule has 0 aliphatic carbocycles. The van der Waals surface area contributed by atoms with Crippen LogP contribution in [0.15, 0.2) is 53.7 Å². The summed E-state index contributed by atoms with van der Waals surface area (Å²) in [5.74, 6) is 1.26. The molecule has 0 spiro atoms. The van der Waals surface area contributed by atoms with Gasteiger partial charge in [-0.25, -0.2) is 4.98 Å². The van der Waals surface area contributed by atoms with Crippen LogP contribution in [-0.4, -0.2) is 33.4 Å².